The van der Waals surface area contributed by atoms with Crippen LogP contribution in [0.15, 0.2) is 121 Å². The van der Waals surface area contributed by atoms with Gasteiger partial charge >= 0.3 is 11.9 Å². The Morgan fingerprint density at radius 2 is 0.725 bits per heavy atom. The minimum absolute atomic E-state index is 0.00437. The van der Waals surface area contributed by atoms with Gasteiger partial charge in [-0.2, -0.15) is 0 Å². The van der Waals surface area contributed by atoms with Gasteiger partial charge in [0.2, 0.25) is 0 Å². The van der Waals surface area contributed by atoms with Crippen molar-refractivity contribution in [1.29, 1.82) is 0 Å². The molecule has 4 aliphatic heterocycles. The number of benzene rings is 9. The minimum Gasteiger partial charge on any atom is -0.463 e. The summed E-state index contributed by atoms with van der Waals surface area (Å²) in [6.45, 7) is 19.3. The Balaban J connectivity index is 1.04. The first kappa shape index (κ1) is 68.3. The summed E-state index contributed by atoms with van der Waals surface area (Å²) in [5.74, 6) is -2.26. The second kappa shape index (κ2) is 28.4. The largest absolute Gasteiger partial charge is 0.463 e. The molecule has 18 heteroatoms. The first-order valence-electron chi connectivity index (χ1n) is 36.6. The van der Waals surface area contributed by atoms with E-state index in [2.05, 4.69) is 66.0 Å². The van der Waals surface area contributed by atoms with Gasteiger partial charge in [-0.3, -0.25) is 34.3 Å². The topological polar surface area (TPSA) is 210 Å². The van der Waals surface area contributed by atoms with Crippen LogP contribution < -0.4 is 29.6 Å². The number of imide groups is 2. The number of nitrogens with one attached hydrogen (secondary N) is 2. The highest BCUT2D eigenvalue weighted by Gasteiger charge is 2.50. The SMILES string of the molecule is CC(C)c1ccc(Oc2cc3c4c(cc(Oc5ccc(C(C)C)cc5)c5c6c(Oc7ccc(C(C)C)cc7)cc7c8c(cc(Oc9ccc(C(C)C)cc9)c(c2c45)c86)C(=O)N(C(C(=O)OCCNC2CCO2)C2CCCC2)C7=O)C(=O)N(C(C(=O)OCCNCC2CO2)C2CCCC2)C3=O)cc1. The predicted octanol–water partition coefficient (Wildman–Crippen LogP) is 17.1. The lowest BCUT2D eigenvalue weighted by Crippen LogP contribution is -2.54. The Labute approximate surface area is 593 Å². The molecule has 4 fully saturated rings. The van der Waals surface area contributed by atoms with E-state index in [9.17, 15) is 0 Å². The van der Waals surface area contributed by atoms with Crippen LogP contribution in [0.1, 0.15) is 201 Å². The molecule has 2 N–H and O–H groups in total. The van der Waals surface area contributed by atoms with Crippen LogP contribution in [0.3, 0.4) is 0 Å². The van der Waals surface area contributed by atoms with Crippen molar-refractivity contribution >= 4 is 78.7 Å². The maximum atomic E-state index is 16.5. The number of hydrogen-bond acceptors (Lipinski definition) is 16. The quantitative estimate of drug-likeness (QED) is 0.0122. The van der Waals surface area contributed by atoms with Gasteiger partial charge in [-0.25, -0.2) is 9.59 Å². The molecule has 0 aromatic heterocycles. The molecule has 4 unspecified atom stereocenters. The van der Waals surface area contributed by atoms with Crippen molar-refractivity contribution in [3.05, 3.63) is 166 Å². The summed E-state index contributed by atoms with van der Waals surface area (Å²) in [7, 11) is 0. The summed E-state index contributed by atoms with van der Waals surface area (Å²) < 4.78 is 52.5. The van der Waals surface area contributed by atoms with Gasteiger partial charge in [0.1, 0.15) is 77.5 Å². The molecule has 9 aromatic carbocycles. The lowest BCUT2D eigenvalue weighted by atomic mass is 9.80. The molecule has 528 valence electrons. The van der Waals surface area contributed by atoms with Crippen LogP contribution in [-0.4, -0.2) is 116 Å². The number of esters is 2. The number of fused-ring (bicyclic) bond motifs is 2. The van der Waals surface area contributed by atoms with Crippen LogP contribution in [0.4, 0.5) is 0 Å². The molecule has 0 spiro atoms. The molecule has 15 rings (SSSR count). The summed E-state index contributed by atoms with van der Waals surface area (Å²) in [5, 5.41) is 9.08. The molecule has 2 aliphatic carbocycles. The van der Waals surface area contributed by atoms with Crippen molar-refractivity contribution in [1.82, 2.24) is 20.4 Å². The summed E-state index contributed by atoms with van der Waals surface area (Å²) in [6.07, 6.45) is 6.24. The maximum Gasteiger partial charge on any atom is 0.329 e. The Morgan fingerprint density at radius 1 is 0.422 bits per heavy atom. The number of carbonyl (C=O) groups excluding carboxylic acids is 6. The molecule has 9 aromatic rings. The van der Waals surface area contributed by atoms with Crippen molar-refractivity contribution in [2.75, 3.05) is 46.1 Å². The first-order chi connectivity index (χ1) is 49.4. The highest BCUT2D eigenvalue weighted by Crippen LogP contribution is 2.59. The van der Waals surface area contributed by atoms with Crippen molar-refractivity contribution in [3.8, 4) is 46.0 Å². The Morgan fingerprint density at radius 3 is 1.00 bits per heavy atom. The van der Waals surface area contributed by atoms with Crippen LogP contribution in [0, 0.1) is 11.8 Å². The van der Waals surface area contributed by atoms with E-state index >= 15 is 28.8 Å². The number of carbonyl (C=O) groups is 6. The Hall–Kier alpha value is -9.46. The highest BCUT2D eigenvalue weighted by molar-refractivity contribution is 6.45. The summed E-state index contributed by atoms with van der Waals surface area (Å²) in [4.78, 5) is 98.1. The monoisotopic (exact) mass is 1380 g/mol. The molecule has 4 amide bonds. The van der Waals surface area contributed by atoms with E-state index in [-0.39, 0.29) is 105 Å². The molecule has 4 heterocycles. The average Bonchev–Trinajstić information content (AvgIpc) is 1.40. The maximum absolute atomic E-state index is 16.5. The lowest BCUT2D eigenvalue weighted by Gasteiger charge is -2.37. The van der Waals surface area contributed by atoms with Crippen molar-refractivity contribution in [2.45, 2.75) is 161 Å². The van der Waals surface area contributed by atoms with Gasteiger partial charge in [-0.1, -0.05) is 130 Å². The third kappa shape index (κ3) is 13.0. The Kier molecular flexibility index (Phi) is 19.0. The number of nitrogens with zero attached hydrogens (tertiary/aromatic N) is 2. The fraction of sp³-hybridized carbons (Fsp3) is 0.405. The molecule has 2 saturated heterocycles. The first-order valence-corrected chi connectivity index (χ1v) is 36.6. The van der Waals surface area contributed by atoms with E-state index in [4.69, 9.17) is 37.9 Å². The van der Waals surface area contributed by atoms with Gasteiger partial charge in [0, 0.05) is 69.1 Å². The van der Waals surface area contributed by atoms with Gasteiger partial charge < -0.3 is 43.2 Å². The fourth-order valence-electron chi connectivity index (χ4n) is 15.7. The van der Waals surface area contributed by atoms with E-state index in [1.165, 1.54) is 0 Å². The molecule has 0 radical (unpaired) electrons. The van der Waals surface area contributed by atoms with Crippen LogP contribution in [0.2, 0.25) is 0 Å². The molecular formula is C84H88N4O14. The lowest BCUT2D eigenvalue weighted by molar-refractivity contribution is -0.151. The number of epoxide rings is 1. The minimum atomic E-state index is -1.31. The van der Waals surface area contributed by atoms with Gasteiger partial charge in [-0.05, 0) is 156 Å². The number of hydrogen-bond donors (Lipinski definition) is 2. The van der Waals surface area contributed by atoms with E-state index in [1.807, 2.05) is 97.1 Å². The molecule has 18 nitrogen and oxygen atoms in total. The standard InChI is InChI=1S/C84H88N4O14/c1-45(2)49-17-25-55(26-18-49)99-64-39-60-69-61(80(90)87(79(60)89)77(53-13-9-10-14-53)83(93)96-37-34-85-43-59-44-98-59)40-65(100-56-27-19-50(20-28-56)46(3)4)72-74-67(102-58-31-23-52(24-32-58)48(7)8)42-63-70-62(41-66(73(76(70)74)71(64)75(69)72)101-57-29-21-51(22-30-57)47(5)6)81(91)88(82(63)92)78(54-15-11-12-16-54)84(94)97-38-35-86-68-33-36-95-68/h17-32,39-42,45-48,53-54,59,68,77-78,85-86H,9-16,33-38,43-44H2,1-8H3. The van der Waals surface area contributed by atoms with Crippen molar-refractivity contribution in [3.63, 3.8) is 0 Å². The zero-order valence-corrected chi connectivity index (χ0v) is 59.2. The molecule has 4 atom stereocenters. The van der Waals surface area contributed by atoms with Crippen LogP contribution in [0.5, 0.6) is 46.0 Å². The second-order valence-corrected chi connectivity index (χ2v) is 29.5. The fourth-order valence-corrected chi connectivity index (χ4v) is 15.7. The van der Waals surface area contributed by atoms with Crippen LogP contribution in [-0.2, 0) is 28.5 Å². The van der Waals surface area contributed by atoms with Crippen molar-refractivity contribution < 1.29 is 66.7 Å². The molecule has 102 heavy (non-hydrogen) atoms. The van der Waals surface area contributed by atoms with E-state index in [0.717, 1.165) is 64.2 Å². The molecule has 2 saturated carbocycles. The average molecular weight is 1380 g/mol. The van der Waals surface area contributed by atoms with E-state index in [1.54, 1.807) is 24.3 Å². The molecular weight excluding hydrogens is 1290 g/mol. The summed E-state index contributed by atoms with van der Waals surface area (Å²) >= 11 is 0. The molecule has 6 aliphatic rings. The van der Waals surface area contributed by atoms with Gasteiger partial charge in [0.25, 0.3) is 23.6 Å². The van der Waals surface area contributed by atoms with Crippen LogP contribution >= 0.6 is 0 Å². The Bertz CT molecular complexity index is 4480. The second-order valence-electron chi connectivity index (χ2n) is 29.5. The third-order valence-electron chi connectivity index (χ3n) is 21.5. The zero-order valence-electron chi connectivity index (χ0n) is 59.2. The summed E-state index contributed by atoms with van der Waals surface area (Å²) in [6, 6.07) is 34.8. The number of rotatable bonds is 27. The van der Waals surface area contributed by atoms with Crippen molar-refractivity contribution in [2.24, 2.45) is 11.8 Å². The smallest absolute Gasteiger partial charge is 0.329 e. The van der Waals surface area contributed by atoms with Crippen LogP contribution in [0.25, 0.3) is 43.1 Å². The third-order valence-corrected chi connectivity index (χ3v) is 21.5. The summed E-state index contributed by atoms with van der Waals surface area (Å²) in [5.41, 5.74) is 4.48. The molecule has 0 bridgehead atoms. The van der Waals surface area contributed by atoms with Gasteiger partial charge in [0.15, 0.2) is 0 Å². The van der Waals surface area contributed by atoms with E-state index in [0.29, 0.717) is 114 Å². The predicted molar refractivity (Wildman–Crippen MR) is 389 cm³/mol. The number of amides is 4. The van der Waals surface area contributed by atoms with Gasteiger partial charge in [0.05, 0.1) is 41.6 Å². The van der Waals surface area contributed by atoms with E-state index < -0.39 is 59.5 Å². The zero-order chi connectivity index (χ0) is 70.8. The normalized spacial score (nSPS) is 18.3. The highest BCUT2D eigenvalue weighted by atomic mass is 16.6. The van der Waals surface area contributed by atoms with Gasteiger partial charge in [-0.15, -0.1) is 0 Å². The number of ether oxygens (including phenoxy) is 8.